The molecule has 3 heteroatoms. The van der Waals surface area contributed by atoms with Crippen molar-refractivity contribution in [3.8, 4) is 0 Å². The lowest BCUT2D eigenvalue weighted by atomic mass is 10.4. The van der Waals surface area contributed by atoms with E-state index in [1.165, 1.54) is 13.0 Å². The summed E-state index contributed by atoms with van der Waals surface area (Å²) >= 11 is 4.08. The van der Waals surface area contributed by atoms with E-state index < -0.39 is 0 Å². The Balaban J connectivity index is 2.53. The summed E-state index contributed by atoms with van der Waals surface area (Å²) in [5, 5.41) is 2.28. The molecule has 5 N–H and O–H groups in total. The number of hydrogen-bond acceptors (Lipinski definition) is 1. The van der Waals surface area contributed by atoms with Crippen molar-refractivity contribution in [3.05, 3.63) is 0 Å². The van der Waals surface area contributed by atoms with Crippen LogP contribution in [0.3, 0.4) is 0 Å². The van der Waals surface area contributed by atoms with Crippen LogP contribution in [-0.2, 0) is 0 Å². The van der Waals surface area contributed by atoms with Gasteiger partial charge in [0.25, 0.3) is 0 Å². The van der Waals surface area contributed by atoms with E-state index in [1.807, 2.05) is 0 Å². The minimum absolute atomic E-state index is 0.983. The molecule has 0 spiro atoms. The molecule has 0 fully saturated rings. The van der Waals surface area contributed by atoms with Crippen LogP contribution in [0.4, 0.5) is 0 Å². The standard InChI is InChI=1S/C5H14N2S/c6-2-1-3-7-4-5-8/h7-8H,1-6H2/p+2. The molecular weight excluding hydrogens is 120 g/mol. The zero-order valence-corrected chi connectivity index (χ0v) is 6.16. The van der Waals surface area contributed by atoms with Crippen LogP contribution < -0.4 is 11.1 Å². The molecule has 0 aliphatic heterocycles. The third-order valence-electron chi connectivity index (χ3n) is 0.991. The van der Waals surface area contributed by atoms with Crippen LogP contribution in [-0.4, -0.2) is 25.4 Å². The molecule has 0 heterocycles. The molecule has 0 atom stereocenters. The summed E-state index contributed by atoms with van der Waals surface area (Å²) < 4.78 is 0. The van der Waals surface area contributed by atoms with Crippen LogP contribution in [0.2, 0.25) is 0 Å². The van der Waals surface area contributed by atoms with Crippen LogP contribution in [0.25, 0.3) is 0 Å². The first kappa shape index (κ1) is 8.27. The van der Waals surface area contributed by atoms with Gasteiger partial charge in [-0.25, -0.2) is 0 Å². The quantitative estimate of drug-likeness (QED) is 0.292. The Bertz CT molecular complexity index is 35.4. The molecule has 0 aromatic heterocycles. The van der Waals surface area contributed by atoms with Crippen LogP contribution in [0.5, 0.6) is 0 Å². The van der Waals surface area contributed by atoms with E-state index in [0.29, 0.717) is 0 Å². The van der Waals surface area contributed by atoms with Gasteiger partial charge in [-0.1, -0.05) is 0 Å². The van der Waals surface area contributed by atoms with Gasteiger partial charge in [0.05, 0.1) is 19.6 Å². The Morgan fingerprint density at radius 3 is 2.62 bits per heavy atom. The Hall–Kier alpha value is 0.270. The summed E-state index contributed by atoms with van der Waals surface area (Å²) in [5.74, 6) is 0.983. The zero-order chi connectivity index (χ0) is 6.24. The van der Waals surface area contributed by atoms with Crippen LogP contribution >= 0.6 is 12.6 Å². The summed E-state index contributed by atoms with van der Waals surface area (Å²) in [6.07, 6.45) is 1.23. The first-order valence-electron chi connectivity index (χ1n) is 3.13. The molecule has 0 unspecified atom stereocenters. The summed E-state index contributed by atoms with van der Waals surface area (Å²) in [4.78, 5) is 0. The maximum Gasteiger partial charge on any atom is 0.0844 e. The van der Waals surface area contributed by atoms with Gasteiger partial charge in [-0.3, -0.25) is 0 Å². The lowest BCUT2D eigenvalue weighted by molar-refractivity contribution is -0.653. The van der Waals surface area contributed by atoms with Gasteiger partial charge in [0, 0.05) is 12.2 Å². The molecule has 2 nitrogen and oxygen atoms in total. The van der Waals surface area contributed by atoms with Crippen LogP contribution in [0.1, 0.15) is 6.42 Å². The molecular formula is C5H16N2S+2. The van der Waals surface area contributed by atoms with Gasteiger partial charge in [-0.2, -0.15) is 12.6 Å². The number of nitrogens with two attached hydrogens (primary N) is 1. The van der Waals surface area contributed by atoms with Gasteiger partial charge in [-0.15, -0.1) is 0 Å². The minimum atomic E-state index is 0.983. The summed E-state index contributed by atoms with van der Waals surface area (Å²) in [6, 6.07) is 0. The number of hydrogen-bond donors (Lipinski definition) is 3. The smallest absolute Gasteiger partial charge is 0.0844 e. The number of rotatable bonds is 5. The third-order valence-corrected chi connectivity index (χ3v) is 1.25. The predicted octanol–water partition coefficient (Wildman–Crippen LogP) is -1.89. The van der Waals surface area contributed by atoms with Crippen molar-refractivity contribution in [2.24, 2.45) is 0 Å². The normalized spacial score (nSPS) is 9.75. The molecule has 0 radical (unpaired) electrons. The van der Waals surface area contributed by atoms with Gasteiger partial charge >= 0.3 is 0 Å². The van der Waals surface area contributed by atoms with E-state index in [1.54, 1.807) is 0 Å². The molecule has 0 aromatic carbocycles. The Labute approximate surface area is 56.2 Å². The van der Waals surface area contributed by atoms with Crippen molar-refractivity contribution in [3.63, 3.8) is 0 Å². The molecule has 0 amide bonds. The van der Waals surface area contributed by atoms with E-state index in [-0.39, 0.29) is 0 Å². The highest BCUT2D eigenvalue weighted by Gasteiger charge is 1.86. The lowest BCUT2D eigenvalue weighted by Gasteiger charge is -1.93. The highest BCUT2D eigenvalue weighted by molar-refractivity contribution is 7.80. The number of quaternary nitrogens is 2. The molecule has 0 bridgehead atoms. The van der Waals surface area contributed by atoms with Crippen molar-refractivity contribution in [1.82, 2.24) is 0 Å². The largest absolute Gasteiger partial charge is 0.357 e. The summed E-state index contributed by atoms with van der Waals surface area (Å²) in [6.45, 7) is 3.41. The van der Waals surface area contributed by atoms with Gasteiger partial charge in [0.1, 0.15) is 0 Å². The van der Waals surface area contributed by atoms with E-state index in [4.69, 9.17) is 0 Å². The zero-order valence-electron chi connectivity index (χ0n) is 5.27. The predicted molar refractivity (Wildman–Crippen MR) is 37.9 cm³/mol. The second-order valence-corrected chi connectivity index (χ2v) is 2.24. The van der Waals surface area contributed by atoms with Crippen LogP contribution in [0, 0.1) is 0 Å². The van der Waals surface area contributed by atoms with Crippen molar-refractivity contribution in [1.29, 1.82) is 0 Å². The van der Waals surface area contributed by atoms with Crippen molar-refractivity contribution < 1.29 is 11.1 Å². The first-order chi connectivity index (χ1) is 3.91. The fraction of sp³-hybridized carbons (Fsp3) is 1.00. The Morgan fingerprint density at radius 1 is 1.38 bits per heavy atom. The maximum atomic E-state index is 4.08. The monoisotopic (exact) mass is 136 g/mol. The highest BCUT2D eigenvalue weighted by atomic mass is 32.1. The Kier molecular flexibility index (Phi) is 7.52. The molecule has 0 aliphatic rings. The number of thiol groups is 1. The SMILES string of the molecule is [NH3+]CCC[NH2+]CCS. The van der Waals surface area contributed by atoms with Crippen molar-refractivity contribution in [2.75, 3.05) is 25.4 Å². The molecule has 50 valence electrons. The average Bonchev–Trinajstić information content (AvgIpc) is 1.81. The molecule has 8 heavy (non-hydrogen) atoms. The van der Waals surface area contributed by atoms with Gasteiger partial charge in [-0.05, 0) is 0 Å². The van der Waals surface area contributed by atoms with E-state index in [2.05, 4.69) is 23.7 Å². The molecule has 0 saturated heterocycles. The molecule has 0 aliphatic carbocycles. The first-order valence-corrected chi connectivity index (χ1v) is 3.77. The second kappa shape index (κ2) is 7.27. The fourth-order valence-electron chi connectivity index (χ4n) is 0.524. The highest BCUT2D eigenvalue weighted by Crippen LogP contribution is 1.62. The molecule has 0 aromatic rings. The topological polar surface area (TPSA) is 44.2 Å². The van der Waals surface area contributed by atoms with Gasteiger partial charge in [0.2, 0.25) is 0 Å². The fourth-order valence-corrected chi connectivity index (χ4v) is 0.707. The van der Waals surface area contributed by atoms with Gasteiger partial charge in [0.15, 0.2) is 0 Å². The van der Waals surface area contributed by atoms with E-state index in [0.717, 1.165) is 18.8 Å². The Morgan fingerprint density at radius 2 is 2.12 bits per heavy atom. The average molecular weight is 136 g/mol. The van der Waals surface area contributed by atoms with E-state index >= 15 is 0 Å². The molecule has 0 rings (SSSR count). The summed E-state index contributed by atoms with van der Waals surface area (Å²) in [5.41, 5.74) is 3.74. The third kappa shape index (κ3) is 6.27. The van der Waals surface area contributed by atoms with Gasteiger partial charge < -0.3 is 11.1 Å². The van der Waals surface area contributed by atoms with E-state index in [9.17, 15) is 0 Å². The van der Waals surface area contributed by atoms with Crippen molar-refractivity contribution in [2.45, 2.75) is 6.42 Å². The maximum absolute atomic E-state index is 4.08. The lowest BCUT2D eigenvalue weighted by Crippen LogP contribution is -2.85. The second-order valence-electron chi connectivity index (χ2n) is 1.80. The summed E-state index contributed by atoms with van der Waals surface area (Å²) in [7, 11) is 0. The minimum Gasteiger partial charge on any atom is -0.357 e. The van der Waals surface area contributed by atoms with Crippen LogP contribution in [0.15, 0.2) is 0 Å². The molecule has 0 saturated carbocycles. The van der Waals surface area contributed by atoms with Crippen molar-refractivity contribution >= 4 is 12.6 Å².